The highest BCUT2D eigenvalue weighted by Gasteiger charge is 2.36. The molecule has 0 saturated carbocycles. The predicted molar refractivity (Wildman–Crippen MR) is 77.2 cm³/mol. The number of aromatic nitrogens is 2. The van der Waals surface area contributed by atoms with Gasteiger partial charge in [-0.3, -0.25) is 4.79 Å². The minimum atomic E-state index is -1.72. The van der Waals surface area contributed by atoms with E-state index >= 15 is 0 Å². The first-order valence-corrected chi connectivity index (χ1v) is 9.38. The second-order valence-corrected chi connectivity index (χ2v) is 10.9. The molecule has 108 valence electrons. The van der Waals surface area contributed by atoms with Gasteiger partial charge in [-0.2, -0.15) is 0 Å². The summed E-state index contributed by atoms with van der Waals surface area (Å²) < 4.78 is 12.7. The van der Waals surface area contributed by atoms with Gasteiger partial charge in [-0.1, -0.05) is 20.8 Å². The van der Waals surface area contributed by atoms with Gasteiger partial charge in [0, 0.05) is 19.2 Å². The summed E-state index contributed by atoms with van der Waals surface area (Å²) in [6, 6.07) is 1.67. The number of nitrogens with zero attached hydrogens (tertiary/aromatic N) is 2. The molecule has 0 N–H and O–H groups in total. The summed E-state index contributed by atoms with van der Waals surface area (Å²) in [6.45, 7) is 13.5. The molecule has 1 heterocycles. The molecule has 0 radical (unpaired) electrons. The van der Waals surface area contributed by atoms with Gasteiger partial charge in [-0.15, -0.1) is 5.10 Å². The first kappa shape index (κ1) is 15.9. The summed E-state index contributed by atoms with van der Waals surface area (Å²) in [4.78, 5) is 11.1. The molecular formula is C13H24N2O3Si. The molecule has 6 heteroatoms. The van der Waals surface area contributed by atoms with E-state index in [0.29, 0.717) is 19.1 Å². The van der Waals surface area contributed by atoms with Crippen molar-refractivity contribution in [1.82, 2.24) is 9.78 Å². The maximum absolute atomic E-state index is 11.1. The molecule has 0 amide bonds. The monoisotopic (exact) mass is 284 g/mol. The molecule has 0 spiro atoms. The first-order valence-electron chi connectivity index (χ1n) is 6.47. The van der Waals surface area contributed by atoms with Gasteiger partial charge >= 0.3 is 0 Å². The average Bonchev–Trinajstić information content (AvgIpc) is 2.71. The maximum Gasteiger partial charge on any atom is 0.243 e. The van der Waals surface area contributed by atoms with Crippen LogP contribution in [0, 0.1) is 0 Å². The van der Waals surface area contributed by atoms with Crippen LogP contribution in [0.25, 0.3) is 0 Å². The van der Waals surface area contributed by atoms with E-state index in [1.165, 1.54) is 11.6 Å². The van der Waals surface area contributed by atoms with E-state index in [-0.39, 0.29) is 10.9 Å². The van der Waals surface area contributed by atoms with Crippen LogP contribution in [0.3, 0.4) is 0 Å². The summed E-state index contributed by atoms with van der Waals surface area (Å²) in [7, 11) is -1.72. The third-order valence-corrected chi connectivity index (χ3v) is 8.03. The number of hydrogen-bond acceptors (Lipinski definition) is 4. The van der Waals surface area contributed by atoms with Crippen molar-refractivity contribution in [2.75, 3.05) is 13.2 Å². The van der Waals surface area contributed by atoms with Crippen LogP contribution in [-0.4, -0.2) is 37.2 Å². The Morgan fingerprint density at radius 1 is 1.37 bits per heavy atom. The zero-order valence-corrected chi connectivity index (χ0v) is 13.7. The van der Waals surface area contributed by atoms with E-state index in [1.807, 2.05) is 0 Å². The summed E-state index contributed by atoms with van der Waals surface area (Å²) in [5.74, 6) is 0.321. The van der Waals surface area contributed by atoms with Crippen LogP contribution >= 0.6 is 0 Å². The highest BCUT2D eigenvalue weighted by molar-refractivity contribution is 6.74. The van der Waals surface area contributed by atoms with Crippen LogP contribution in [0.5, 0.6) is 5.88 Å². The minimum Gasteiger partial charge on any atom is -0.474 e. The first-order chi connectivity index (χ1) is 8.63. The Hall–Kier alpha value is -1.14. The Bertz CT molecular complexity index is 435. The van der Waals surface area contributed by atoms with Crippen molar-refractivity contribution in [2.24, 2.45) is 0 Å². The standard InChI is InChI=1S/C13H24N2O3Si/c1-11(16)15-8-7-12(14-15)17-9-10-18-19(5,6)13(2,3)4/h7-8H,9-10H2,1-6H3. The number of carbonyl (C=O) groups excluding carboxylic acids is 1. The highest BCUT2D eigenvalue weighted by Crippen LogP contribution is 2.36. The second kappa shape index (κ2) is 5.88. The zero-order chi connectivity index (χ0) is 14.7. The Morgan fingerprint density at radius 3 is 2.47 bits per heavy atom. The zero-order valence-electron chi connectivity index (χ0n) is 12.7. The fraction of sp³-hybridized carbons (Fsp3) is 0.692. The molecule has 0 aliphatic rings. The molecule has 0 aliphatic carbocycles. The Labute approximate surface area is 116 Å². The molecule has 5 nitrogen and oxygen atoms in total. The van der Waals surface area contributed by atoms with Crippen molar-refractivity contribution in [3.8, 4) is 5.88 Å². The van der Waals surface area contributed by atoms with Crippen LogP contribution in [0.15, 0.2) is 12.3 Å². The van der Waals surface area contributed by atoms with Crippen LogP contribution < -0.4 is 4.74 Å². The van der Waals surface area contributed by atoms with Crippen molar-refractivity contribution in [3.05, 3.63) is 12.3 Å². The van der Waals surface area contributed by atoms with E-state index in [4.69, 9.17) is 9.16 Å². The number of carbonyl (C=O) groups is 1. The van der Waals surface area contributed by atoms with Crippen molar-refractivity contribution >= 4 is 14.2 Å². The minimum absolute atomic E-state index is 0.132. The van der Waals surface area contributed by atoms with Gasteiger partial charge in [0.05, 0.1) is 6.61 Å². The lowest BCUT2D eigenvalue weighted by Gasteiger charge is -2.36. The number of hydrogen-bond donors (Lipinski definition) is 0. The smallest absolute Gasteiger partial charge is 0.243 e. The molecule has 0 fully saturated rings. The van der Waals surface area contributed by atoms with Crippen LogP contribution in [0.1, 0.15) is 32.5 Å². The molecule has 0 saturated heterocycles. The lowest BCUT2D eigenvalue weighted by atomic mass is 10.2. The molecule has 0 unspecified atom stereocenters. The highest BCUT2D eigenvalue weighted by atomic mass is 28.4. The molecule has 0 atom stereocenters. The van der Waals surface area contributed by atoms with Gasteiger partial charge < -0.3 is 9.16 Å². The molecule has 1 aromatic heterocycles. The topological polar surface area (TPSA) is 53.4 Å². The SMILES string of the molecule is CC(=O)n1ccc(OCCO[Si](C)(C)C(C)(C)C)n1. The summed E-state index contributed by atoms with van der Waals surface area (Å²) in [6.07, 6.45) is 1.59. The molecule has 1 rings (SSSR count). The van der Waals surface area contributed by atoms with Gasteiger partial charge in [0.1, 0.15) is 6.61 Å². The molecule has 0 bridgehead atoms. The van der Waals surface area contributed by atoms with Gasteiger partial charge in [-0.25, -0.2) is 4.68 Å². The van der Waals surface area contributed by atoms with Gasteiger partial charge in [0.25, 0.3) is 0 Å². The fourth-order valence-corrected chi connectivity index (χ4v) is 2.25. The van der Waals surface area contributed by atoms with Crippen LogP contribution in [0.2, 0.25) is 18.1 Å². The Balaban J connectivity index is 2.37. The van der Waals surface area contributed by atoms with Crippen molar-refractivity contribution in [1.29, 1.82) is 0 Å². The van der Waals surface area contributed by atoms with Gasteiger partial charge in [-0.05, 0) is 18.1 Å². The van der Waals surface area contributed by atoms with Crippen molar-refractivity contribution < 1.29 is 14.0 Å². The second-order valence-electron chi connectivity index (χ2n) is 6.07. The van der Waals surface area contributed by atoms with E-state index in [2.05, 4.69) is 39.0 Å². The van der Waals surface area contributed by atoms with Crippen molar-refractivity contribution in [2.45, 2.75) is 45.8 Å². The quantitative estimate of drug-likeness (QED) is 0.616. The Morgan fingerprint density at radius 2 is 2.00 bits per heavy atom. The summed E-state index contributed by atoms with van der Waals surface area (Å²) >= 11 is 0. The van der Waals surface area contributed by atoms with Gasteiger partial charge in [0.2, 0.25) is 11.8 Å². The number of ether oxygens (including phenoxy) is 1. The van der Waals surface area contributed by atoms with Crippen LogP contribution in [-0.2, 0) is 4.43 Å². The molecule has 1 aromatic rings. The van der Waals surface area contributed by atoms with Crippen LogP contribution in [0.4, 0.5) is 0 Å². The average molecular weight is 284 g/mol. The molecule has 19 heavy (non-hydrogen) atoms. The third kappa shape index (κ3) is 4.47. The van der Waals surface area contributed by atoms with Crippen molar-refractivity contribution in [3.63, 3.8) is 0 Å². The van der Waals surface area contributed by atoms with Gasteiger partial charge in [0.15, 0.2) is 8.32 Å². The van der Waals surface area contributed by atoms with E-state index in [1.54, 1.807) is 12.3 Å². The van der Waals surface area contributed by atoms with E-state index in [0.717, 1.165) is 0 Å². The summed E-state index contributed by atoms with van der Waals surface area (Å²) in [5.41, 5.74) is 0. The third-order valence-electron chi connectivity index (χ3n) is 3.49. The lowest BCUT2D eigenvalue weighted by molar-refractivity contribution is 0.0918. The summed E-state index contributed by atoms with van der Waals surface area (Å²) in [5, 5.41) is 4.19. The normalized spacial score (nSPS) is 12.5. The maximum atomic E-state index is 11.1. The lowest BCUT2D eigenvalue weighted by Crippen LogP contribution is -2.41. The fourth-order valence-electron chi connectivity index (χ4n) is 1.22. The van der Waals surface area contributed by atoms with E-state index < -0.39 is 8.32 Å². The number of rotatable bonds is 5. The molecule has 0 aliphatic heterocycles. The molecular weight excluding hydrogens is 260 g/mol. The van der Waals surface area contributed by atoms with E-state index in [9.17, 15) is 4.79 Å². The molecule has 0 aromatic carbocycles. The Kier molecular flexibility index (Phi) is 4.92. The largest absolute Gasteiger partial charge is 0.474 e. The predicted octanol–water partition coefficient (Wildman–Crippen LogP) is 2.94.